The van der Waals surface area contributed by atoms with E-state index in [1.807, 2.05) is 34.4 Å². The zero-order valence-corrected chi connectivity index (χ0v) is 16.1. The smallest absolute Gasteiger partial charge is 0.231 e. The molecule has 1 aromatic heterocycles. The van der Waals surface area contributed by atoms with Crippen molar-refractivity contribution in [3.8, 4) is 11.5 Å². The van der Waals surface area contributed by atoms with E-state index in [-0.39, 0.29) is 18.3 Å². The van der Waals surface area contributed by atoms with Gasteiger partial charge in [0.25, 0.3) is 0 Å². The molecule has 1 spiro atoms. The maximum atomic E-state index is 12.7. The number of nitrogens with zero attached hydrogens (tertiary/aromatic N) is 1. The van der Waals surface area contributed by atoms with Crippen molar-refractivity contribution in [2.75, 3.05) is 26.5 Å². The monoisotopic (exact) mass is 385 g/mol. The van der Waals surface area contributed by atoms with E-state index in [9.17, 15) is 4.79 Å². The highest BCUT2D eigenvalue weighted by atomic mass is 32.1. The molecule has 2 aromatic rings. The molecule has 1 amide bonds. The average molecular weight is 385 g/mol. The number of rotatable bonds is 3. The number of hydrogen-bond donors (Lipinski definition) is 0. The number of ether oxygens (including phenoxy) is 3. The number of fused-ring (bicyclic) bond motifs is 3. The van der Waals surface area contributed by atoms with Crippen LogP contribution in [0.15, 0.2) is 29.6 Å². The predicted molar refractivity (Wildman–Crippen MR) is 102 cm³/mol. The van der Waals surface area contributed by atoms with Crippen LogP contribution >= 0.6 is 11.3 Å². The number of carbonyl (C=O) groups is 1. The van der Waals surface area contributed by atoms with E-state index in [1.165, 1.54) is 10.4 Å². The van der Waals surface area contributed by atoms with E-state index in [4.69, 9.17) is 14.2 Å². The molecule has 0 N–H and O–H groups in total. The fourth-order valence-electron chi connectivity index (χ4n) is 4.39. The topological polar surface area (TPSA) is 48.0 Å². The van der Waals surface area contributed by atoms with Crippen molar-refractivity contribution in [1.82, 2.24) is 4.90 Å². The second kappa shape index (κ2) is 6.84. The maximum Gasteiger partial charge on any atom is 0.231 e. The first-order chi connectivity index (χ1) is 13.2. The minimum Gasteiger partial charge on any atom is -0.454 e. The molecule has 0 unspecified atom stereocenters. The first-order valence-electron chi connectivity index (χ1n) is 9.61. The van der Waals surface area contributed by atoms with Crippen molar-refractivity contribution in [3.05, 3.63) is 45.6 Å². The highest BCUT2D eigenvalue weighted by molar-refractivity contribution is 7.10. The van der Waals surface area contributed by atoms with Crippen LogP contribution in [0.2, 0.25) is 0 Å². The Morgan fingerprint density at radius 2 is 2.00 bits per heavy atom. The molecule has 0 bridgehead atoms. The largest absolute Gasteiger partial charge is 0.454 e. The fraction of sp³-hybridized carbons (Fsp3) is 0.476. The molecule has 0 aliphatic carbocycles. The van der Waals surface area contributed by atoms with Gasteiger partial charge in [-0.2, -0.15) is 0 Å². The highest BCUT2D eigenvalue weighted by Crippen LogP contribution is 2.43. The lowest BCUT2D eigenvalue weighted by molar-refractivity contribution is -0.140. The minimum atomic E-state index is -0.165. The summed E-state index contributed by atoms with van der Waals surface area (Å²) in [5.74, 6) is 1.79. The van der Waals surface area contributed by atoms with Gasteiger partial charge in [0.15, 0.2) is 11.5 Å². The molecule has 1 saturated heterocycles. The number of piperidine rings is 1. The molecule has 0 saturated carbocycles. The maximum absolute atomic E-state index is 12.7. The number of hydrogen-bond acceptors (Lipinski definition) is 5. The number of amides is 1. The molecule has 142 valence electrons. The van der Waals surface area contributed by atoms with E-state index in [0.717, 1.165) is 62.4 Å². The highest BCUT2D eigenvalue weighted by Gasteiger charge is 2.42. The summed E-state index contributed by atoms with van der Waals surface area (Å²) in [5.41, 5.74) is 2.31. The summed E-state index contributed by atoms with van der Waals surface area (Å²) in [6.45, 7) is 2.62. The summed E-state index contributed by atoms with van der Waals surface area (Å²) in [5, 5.41) is 2.17. The quantitative estimate of drug-likeness (QED) is 0.811. The Morgan fingerprint density at radius 3 is 2.89 bits per heavy atom. The third kappa shape index (κ3) is 3.11. The Bertz CT molecular complexity index is 854. The number of benzene rings is 1. The first-order valence-corrected chi connectivity index (χ1v) is 10.5. The summed E-state index contributed by atoms with van der Waals surface area (Å²) in [6, 6.07) is 8.14. The molecule has 27 heavy (non-hydrogen) atoms. The summed E-state index contributed by atoms with van der Waals surface area (Å²) in [7, 11) is 0. The van der Waals surface area contributed by atoms with Crippen LogP contribution in [0.25, 0.3) is 0 Å². The zero-order valence-electron chi connectivity index (χ0n) is 15.2. The van der Waals surface area contributed by atoms with E-state index in [2.05, 4.69) is 11.4 Å². The number of likely N-dealkylation sites (tertiary alicyclic amines) is 1. The van der Waals surface area contributed by atoms with Gasteiger partial charge in [-0.05, 0) is 54.0 Å². The van der Waals surface area contributed by atoms with Crippen LogP contribution in [0.4, 0.5) is 0 Å². The molecule has 4 heterocycles. The van der Waals surface area contributed by atoms with Gasteiger partial charge in [-0.3, -0.25) is 4.79 Å². The summed E-state index contributed by atoms with van der Waals surface area (Å²) in [6.07, 6.45) is 4.06. The van der Waals surface area contributed by atoms with Gasteiger partial charge in [-0.25, -0.2) is 0 Å². The molecule has 3 aliphatic heterocycles. The van der Waals surface area contributed by atoms with Gasteiger partial charge in [0.05, 0.1) is 12.2 Å². The Morgan fingerprint density at radius 1 is 1.15 bits per heavy atom. The van der Waals surface area contributed by atoms with Crippen LogP contribution in [0.1, 0.15) is 35.3 Å². The molecule has 5 rings (SSSR count). The van der Waals surface area contributed by atoms with E-state index in [0.29, 0.717) is 6.42 Å². The lowest BCUT2D eigenvalue weighted by Gasteiger charge is -2.44. The van der Waals surface area contributed by atoms with Crippen molar-refractivity contribution in [3.63, 3.8) is 0 Å². The van der Waals surface area contributed by atoms with Crippen LogP contribution < -0.4 is 9.47 Å². The average Bonchev–Trinajstić information content (AvgIpc) is 3.36. The number of carbonyl (C=O) groups excluding carboxylic acids is 1. The summed E-state index contributed by atoms with van der Waals surface area (Å²) < 4.78 is 17.0. The predicted octanol–water partition coefficient (Wildman–Crippen LogP) is 3.50. The second-order valence-electron chi connectivity index (χ2n) is 7.42. The fourth-order valence-corrected chi connectivity index (χ4v) is 5.34. The number of thiophene rings is 1. The molecular formula is C21H23NO4S. The molecule has 1 aromatic carbocycles. The van der Waals surface area contributed by atoms with Gasteiger partial charge < -0.3 is 19.1 Å². The second-order valence-corrected chi connectivity index (χ2v) is 8.42. The Hall–Kier alpha value is -2.05. The zero-order chi connectivity index (χ0) is 18.3. The molecule has 5 nitrogen and oxygen atoms in total. The Balaban J connectivity index is 1.19. The SMILES string of the molecule is O=C(CCc1ccc2c(c1)OCO2)N1CCC2(CC1)OCCc1sccc12. The van der Waals surface area contributed by atoms with E-state index < -0.39 is 0 Å². The van der Waals surface area contributed by atoms with E-state index in [1.54, 1.807) is 0 Å². The van der Waals surface area contributed by atoms with Gasteiger partial charge in [0.2, 0.25) is 12.7 Å². The van der Waals surface area contributed by atoms with Crippen molar-refractivity contribution in [2.24, 2.45) is 0 Å². The third-order valence-corrected chi connectivity index (χ3v) is 6.91. The van der Waals surface area contributed by atoms with E-state index >= 15 is 0 Å². The molecule has 0 radical (unpaired) electrons. The van der Waals surface area contributed by atoms with Gasteiger partial charge in [0.1, 0.15) is 0 Å². The Labute approximate surface area is 162 Å². The van der Waals surface area contributed by atoms with Gasteiger partial charge in [-0.1, -0.05) is 6.07 Å². The third-order valence-electron chi connectivity index (χ3n) is 5.93. The van der Waals surface area contributed by atoms with Gasteiger partial charge in [-0.15, -0.1) is 11.3 Å². The van der Waals surface area contributed by atoms with Crippen LogP contribution in [-0.2, 0) is 28.0 Å². The number of aryl methyl sites for hydroxylation is 1. The Kier molecular flexibility index (Phi) is 4.32. The summed E-state index contributed by atoms with van der Waals surface area (Å²) in [4.78, 5) is 16.2. The van der Waals surface area contributed by atoms with Crippen LogP contribution in [0.3, 0.4) is 0 Å². The molecular weight excluding hydrogens is 362 g/mol. The first kappa shape index (κ1) is 17.1. The summed E-state index contributed by atoms with van der Waals surface area (Å²) >= 11 is 1.83. The molecule has 6 heteroatoms. The van der Waals surface area contributed by atoms with Crippen LogP contribution in [0, 0.1) is 0 Å². The van der Waals surface area contributed by atoms with Crippen LogP contribution in [-0.4, -0.2) is 37.3 Å². The van der Waals surface area contributed by atoms with Crippen molar-refractivity contribution < 1.29 is 19.0 Å². The van der Waals surface area contributed by atoms with Crippen molar-refractivity contribution in [1.29, 1.82) is 0 Å². The molecule has 0 atom stereocenters. The standard InChI is InChI=1S/C21H23NO4S/c23-20(4-2-15-1-3-17-18(13-15)25-14-24-17)22-9-7-21(8-10-22)16-6-12-27-19(16)5-11-26-21/h1,3,6,12-13H,2,4-5,7-11,14H2. The van der Waals surface area contributed by atoms with Crippen LogP contribution in [0.5, 0.6) is 11.5 Å². The lowest BCUT2D eigenvalue weighted by atomic mass is 9.82. The van der Waals surface area contributed by atoms with Crippen molar-refractivity contribution in [2.45, 2.75) is 37.7 Å². The molecule has 1 fully saturated rings. The van der Waals surface area contributed by atoms with Gasteiger partial charge >= 0.3 is 0 Å². The van der Waals surface area contributed by atoms with Gasteiger partial charge in [0, 0.05) is 30.8 Å². The van der Waals surface area contributed by atoms with Crippen molar-refractivity contribution >= 4 is 17.2 Å². The lowest BCUT2D eigenvalue weighted by Crippen LogP contribution is -2.48. The molecule has 3 aliphatic rings. The minimum absolute atomic E-state index is 0.165. The normalized spacial score (nSPS) is 19.9.